The molecule has 0 aromatic heterocycles. The Balaban J connectivity index is 1.95. The van der Waals surface area contributed by atoms with Crippen LogP contribution < -0.4 is 0 Å². The zero-order valence-corrected chi connectivity index (χ0v) is 17.1. The standard InChI is InChI=1S/C21H38O5/c1-6-19(5,23)16-7-9-20(24,10-8-16)15-26-17(2,3)21(25)13-11-18(4,22)12-14-21/h11,13,16,22-25H,6-10,12,14-15H2,1-5H3. The molecule has 0 aromatic rings. The Morgan fingerprint density at radius 1 is 1.00 bits per heavy atom. The molecule has 0 heterocycles. The van der Waals surface area contributed by atoms with Gasteiger partial charge in [-0.15, -0.1) is 0 Å². The molecule has 2 aliphatic rings. The Hall–Kier alpha value is -0.460. The molecule has 1 saturated carbocycles. The lowest BCUT2D eigenvalue weighted by Crippen LogP contribution is -2.55. The lowest BCUT2D eigenvalue weighted by Gasteiger charge is -2.47. The second-order valence-corrected chi connectivity index (χ2v) is 9.62. The fraction of sp³-hybridized carbons (Fsp3) is 0.905. The summed E-state index contributed by atoms with van der Waals surface area (Å²) in [5, 5.41) is 42.4. The maximum atomic E-state index is 11.0. The lowest BCUT2D eigenvalue weighted by atomic mass is 9.71. The van der Waals surface area contributed by atoms with E-state index in [0.29, 0.717) is 32.1 Å². The van der Waals surface area contributed by atoms with Crippen molar-refractivity contribution >= 4 is 0 Å². The van der Waals surface area contributed by atoms with Gasteiger partial charge < -0.3 is 25.2 Å². The van der Waals surface area contributed by atoms with Gasteiger partial charge in [-0.3, -0.25) is 0 Å². The number of ether oxygens (including phenoxy) is 1. The van der Waals surface area contributed by atoms with Crippen molar-refractivity contribution in [1.29, 1.82) is 0 Å². The summed E-state index contributed by atoms with van der Waals surface area (Å²) in [5.74, 6) is 0.202. The van der Waals surface area contributed by atoms with Gasteiger partial charge in [0.1, 0.15) is 5.60 Å². The second kappa shape index (κ2) is 7.17. The van der Waals surface area contributed by atoms with Gasteiger partial charge in [-0.1, -0.05) is 19.1 Å². The van der Waals surface area contributed by atoms with E-state index in [1.165, 1.54) is 0 Å². The number of rotatable bonds is 6. The highest BCUT2D eigenvalue weighted by molar-refractivity contribution is 5.18. The Morgan fingerprint density at radius 2 is 1.58 bits per heavy atom. The zero-order chi connectivity index (χ0) is 19.9. The molecule has 1 fully saturated rings. The third kappa shape index (κ3) is 4.68. The molecular weight excluding hydrogens is 332 g/mol. The molecule has 26 heavy (non-hydrogen) atoms. The van der Waals surface area contributed by atoms with E-state index in [4.69, 9.17) is 4.74 Å². The molecule has 3 unspecified atom stereocenters. The molecule has 3 atom stereocenters. The van der Waals surface area contributed by atoms with Crippen LogP contribution in [0.4, 0.5) is 0 Å². The SMILES string of the molecule is CCC(C)(O)C1CCC(O)(COC(C)(C)C2(O)C=CC(C)(O)CC2)CC1. The molecule has 0 spiro atoms. The molecule has 0 aromatic carbocycles. The molecule has 0 saturated heterocycles. The van der Waals surface area contributed by atoms with Crippen molar-refractivity contribution in [3.63, 3.8) is 0 Å². The molecule has 0 amide bonds. The van der Waals surface area contributed by atoms with Gasteiger partial charge in [0.2, 0.25) is 0 Å². The van der Waals surface area contributed by atoms with E-state index < -0.39 is 28.0 Å². The molecule has 0 aliphatic heterocycles. The van der Waals surface area contributed by atoms with E-state index in [1.54, 1.807) is 19.1 Å². The summed E-state index contributed by atoms with van der Waals surface area (Å²) >= 11 is 0. The Labute approximate surface area is 158 Å². The summed E-state index contributed by atoms with van der Waals surface area (Å²) in [7, 11) is 0. The first kappa shape index (κ1) is 21.8. The summed E-state index contributed by atoms with van der Waals surface area (Å²) in [6, 6.07) is 0. The fourth-order valence-corrected chi connectivity index (χ4v) is 4.08. The third-order valence-electron chi connectivity index (χ3n) is 6.99. The summed E-state index contributed by atoms with van der Waals surface area (Å²) in [6.45, 7) is 9.41. The molecule has 0 radical (unpaired) electrons. The third-order valence-corrected chi connectivity index (χ3v) is 6.99. The minimum absolute atomic E-state index is 0.160. The van der Waals surface area contributed by atoms with E-state index in [1.807, 2.05) is 27.7 Å². The van der Waals surface area contributed by atoms with Crippen molar-refractivity contribution in [3.8, 4) is 0 Å². The fourth-order valence-electron chi connectivity index (χ4n) is 4.08. The van der Waals surface area contributed by atoms with Crippen LogP contribution in [0.5, 0.6) is 0 Å². The summed E-state index contributed by atoms with van der Waals surface area (Å²) in [4.78, 5) is 0. The van der Waals surface area contributed by atoms with Gasteiger partial charge >= 0.3 is 0 Å². The highest BCUT2D eigenvalue weighted by Gasteiger charge is 2.48. The first-order chi connectivity index (χ1) is 11.7. The van der Waals surface area contributed by atoms with Crippen LogP contribution in [0.3, 0.4) is 0 Å². The largest absolute Gasteiger partial charge is 0.390 e. The summed E-state index contributed by atoms with van der Waals surface area (Å²) in [6.07, 6.45) is 7.57. The average molecular weight is 371 g/mol. The van der Waals surface area contributed by atoms with Gasteiger partial charge in [-0.2, -0.15) is 0 Å². The minimum atomic E-state index is -1.17. The Morgan fingerprint density at radius 3 is 2.04 bits per heavy atom. The van der Waals surface area contributed by atoms with Gasteiger partial charge in [0, 0.05) is 0 Å². The lowest BCUT2D eigenvalue weighted by molar-refractivity contribution is -0.191. The normalized spacial score (nSPS) is 41.0. The van der Waals surface area contributed by atoms with Crippen molar-refractivity contribution in [1.82, 2.24) is 0 Å². The van der Waals surface area contributed by atoms with Crippen LogP contribution in [0.15, 0.2) is 12.2 Å². The van der Waals surface area contributed by atoms with Crippen LogP contribution in [0.2, 0.25) is 0 Å². The van der Waals surface area contributed by atoms with Gasteiger partial charge in [0.25, 0.3) is 0 Å². The summed E-state index contributed by atoms with van der Waals surface area (Å²) in [5.41, 5.74) is -4.54. The number of hydrogen-bond donors (Lipinski definition) is 4. The highest BCUT2D eigenvalue weighted by atomic mass is 16.5. The molecule has 5 heteroatoms. The van der Waals surface area contributed by atoms with E-state index in [0.717, 1.165) is 12.8 Å². The minimum Gasteiger partial charge on any atom is -0.390 e. The maximum Gasteiger partial charge on any atom is 0.111 e. The summed E-state index contributed by atoms with van der Waals surface area (Å²) < 4.78 is 6.03. The zero-order valence-electron chi connectivity index (χ0n) is 17.1. The topological polar surface area (TPSA) is 90.2 Å². The number of hydrogen-bond acceptors (Lipinski definition) is 5. The maximum absolute atomic E-state index is 11.0. The predicted octanol–water partition coefficient (Wildman–Crippen LogP) is 2.70. The molecule has 5 nitrogen and oxygen atoms in total. The number of aliphatic hydroxyl groups is 4. The van der Waals surface area contributed by atoms with Crippen molar-refractivity contribution in [2.75, 3.05) is 6.61 Å². The van der Waals surface area contributed by atoms with Crippen molar-refractivity contribution < 1.29 is 25.2 Å². The van der Waals surface area contributed by atoms with Crippen LogP contribution in [-0.2, 0) is 4.74 Å². The smallest absolute Gasteiger partial charge is 0.111 e. The van der Waals surface area contributed by atoms with E-state index >= 15 is 0 Å². The van der Waals surface area contributed by atoms with E-state index in [9.17, 15) is 20.4 Å². The Bertz CT molecular complexity index is 514. The molecule has 0 bridgehead atoms. The van der Waals surface area contributed by atoms with Crippen LogP contribution >= 0.6 is 0 Å². The molecular formula is C21H38O5. The molecule has 2 rings (SSSR count). The van der Waals surface area contributed by atoms with Crippen LogP contribution in [0.25, 0.3) is 0 Å². The quantitative estimate of drug-likeness (QED) is 0.540. The van der Waals surface area contributed by atoms with Crippen LogP contribution in [0, 0.1) is 5.92 Å². The van der Waals surface area contributed by atoms with Gasteiger partial charge in [0.15, 0.2) is 0 Å². The van der Waals surface area contributed by atoms with Crippen molar-refractivity contribution in [3.05, 3.63) is 12.2 Å². The van der Waals surface area contributed by atoms with Crippen LogP contribution in [-0.4, -0.2) is 55.0 Å². The second-order valence-electron chi connectivity index (χ2n) is 9.62. The van der Waals surface area contributed by atoms with Crippen LogP contribution in [0.1, 0.15) is 79.6 Å². The van der Waals surface area contributed by atoms with Gasteiger partial charge in [-0.05, 0) is 78.6 Å². The van der Waals surface area contributed by atoms with Gasteiger partial charge in [0.05, 0.1) is 29.0 Å². The molecule has 4 N–H and O–H groups in total. The van der Waals surface area contributed by atoms with E-state index in [2.05, 4.69) is 0 Å². The Kier molecular flexibility index (Phi) is 6.02. The van der Waals surface area contributed by atoms with E-state index in [-0.39, 0.29) is 12.5 Å². The first-order valence-corrected chi connectivity index (χ1v) is 9.98. The first-order valence-electron chi connectivity index (χ1n) is 9.98. The average Bonchev–Trinajstić information content (AvgIpc) is 2.56. The van der Waals surface area contributed by atoms with Crippen molar-refractivity contribution in [2.24, 2.45) is 5.92 Å². The monoisotopic (exact) mass is 370 g/mol. The molecule has 152 valence electrons. The van der Waals surface area contributed by atoms with Crippen molar-refractivity contribution in [2.45, 2.75) is 108 Å². The molecule has 2 aliphatic carbocycles. The van der Waals surface area contributed by atoms with Gasteiger partial charge in [-0.25, -0.2) is 0 Å². The highest BCUT2D eigenvalue weighted by Crippen LogP contribution is 2.42. The predicted molar refractivity (Wildman–Crippen MR) is 102 cm³/mol.